The molecule has 6 rings (SSSR count). The van der Waals surface area contributed by atoms with Gasteiger partial charge in [-0.25, -0.2) is 14.0 Å². The van der Waals surface area contributed by atoms with Gasteiger partial charge in [0.2, 0.25) is 0 Å². The van der Waals surface area contributed by atoms with Crippen LogP contribution in [0.2, 0.25) is 0 Å². The maximum absolute atomic E-state index is 12.4. The van der Waals surface area contributed by atoms with E-state index >= 15 is 0 Å². The van der Waals surface area contributed by atoms with Gasteiger partial charge in [-0.1, -0.05) is 0 Å². The average Bonchev–Trinajstić information content (AvgIpc) is 3.74. The van der Waals surface area contributed by atoms with Gasteiger partial charge in [0.15, 0.2) is 0 Å². The van der Waals surface area contributed by atoms with E-state index in [-0.39, 0.29) is 11.8 Å². The molecule has 7 heteroatoms. The van der Waals surface area contributed by atoms with Crippen LogP contribution in [0.15, 0.2) is 48.5 Å². The Balaban J connectivity index is 0.000000144. The molecule has 2 unspecified atom stereocenters. The van der Waals surface area contributed by atoms with E-state index in [0.717, 1.165) is 23.9 Å². The topological polar surface area (TPSA) is 67.9 Å². The van der Waals surface area contributed by atoms with Crippen LogP contribution in [0.1, 0.15) is 73.1 Å². The van der Waals surface area contributed by atoms with Gasteiger partial charge in [-0.05, 0) is 119 Å². The summed E-state index contributed by atoms with van der Waals surface area (Å²) in [6.45, 7) is 6.80. The number of hydrogen-bond donors (Lipinski definition) is 1. The molecule has 2 aliphatic carbocycles. The smallest absolute Gasteiger partial charge is 0.338 e. The lowest BCUT2D eigenvalue weighted by Gasteiger charge is -2.29. The van der Waals surface area contributed by atoms with Gasteiger partial charge in [0.1, 0.15) is 5.82 Å². The Labute approximate surface area is 219 Å². The molecule has 2 aromatic carbocycles. The molecule has 0 radical (unpaired) electrons. The summed E-state index contributed by atoms with van der Waals surface area (Å²) in [6, 6.07) is 14.7. The lowest BCUT2D eigenvalue weighted by Crippen LogP contribution is -2.31. The van der Waals surface area contributed by atoms with Gasteiger partial charge in [-0.15, -0.1) is 0 Å². The van der Waals surface area contributed by atoms with Crippen LogP contribution in [0.5, 0.6) is 0 Å². The molecule has 4 bridgehead atoms. The molecule has 2 saturated heterocycles. The Bertz CT molecular complexity index is 1010. The number of halogens is 1. The van der Waals surface area contributed by atoms with Crippen LogP contribution in [-0.2, 0) is 9.47 Å². The van der Waals surface area contributed by atoms with Crippen molar-refractivity contribution in [1.82, 2.24) is 5.32 Å². The number of nitrogens with one attached hydrogen (secondary N) is 1. The number of carbonyl (C=O) groups excluding carboxylic acids is 2. The van der Waals surface area contributed by atoms with Gasteiger partial charge in [-0.3, -0.25) is 0 Å². The number of ether oxygens (including phenoxy) is 2. The van der Waals surface area contributed by atoms with Crippen molar-refractivity contribution >= 4 is 17.6 Å². The van der Waals surface area contributed by atoms with Crippen LogP contribution < -0.4 is 10.2 Å². The SMILES string of the molecule is C1CC2CC1CN2.CCOC(=O)c1ccc(F)cc1.CCOC(=O)c1ccc(N2C[C@@H]3CC[C@H]2C3)cc1. The molecular formula is C30H39FN2O4. The largest absolute Gasteiger partial charge is 0.462 e. The van der Waals surface area contributed by atoms with Crippen LogP contribution >= 0.6 is 0 Å². The minimum Gasteiger partial charge on any atom is -0.462 e. The molecule has 2 heterocycles. The Hall–Kier alpha value is -2.93. The third kappa shape index (κ3) is 7.31. The molecule has 4 fully saturated rings. The zero-order chi connectivity index (χ0) is 26.2. The van der Waals surface area contributed by atoms with Crippen LogP contribution in [0.3, 0.4) is 0 Å². The standard InChI is InChI=1S/C15H19NO2.C9H9FO2.C6H11N/c1-2-18-15(17)12-4-7-13(8-5-12)16-10-11-3-6-14(16)9-11;1-2-12-9(11)7-3-5-8(10)6-4-7;1-2-6-3-5(1)4-7-6/h4-5,7-8,11,14H,2-3,6,9-10H2,1H3;3-6H,2H2,1H3;5-7H,1-4H2/t11-,14+;;/m1../s1. The molecular weight excluding hydrogens is 471 g/mol. The second kappa shape index (κ2) is 13.0. The Kier molecular flexibility index (Phi) is 9.56. The summed E-state index contributed by atoms with van der Waals surface area (Å²) in [5.74, 6) is 0.942. The predicted molar refractivity (Wildman–Crippen MR) is 142 cm³/mol. The van der Waals surface area contributed by atoms with Crippen LogP contribution in [0, 0.1) is 17.7 Å². The molecule has 4 aliphatic rings. The van der Waals surface area contributed by atoms with Crippen LogP contribution in [0.4, 0.5) is 10.1 Å². The summed E-state index contributed by atoms with van der Waals surface area (Å²) in [4.78, 5) is 25.1. The maximum atomic E-state index is 12.4. The van der Waals surface area contributed by atoms with E-state index < -0.39 is 5.97 Å². The van der Waals surface area contributed by atoms with Gasteiger partial charge >= 0.3 is 11.9 Å². The quantitative estimate of drug-likeness (QED) is 0.527. The highest BCUT2D eigenvalue weighted by Gasteiger charge is 2.37. The van der Waals surface area contributed by atoms with Crippen molar-refractivity contribution in [2.24, 2.45) is 11.8 Å². The number of piperidine rings is 2. The second-order valence-electron chi connectivity index (χ2n) is 10.3. The van der Waals surface area contributed by atoms with E-state index in [9.17, 15) is 14.0 Å². The highest BCUT2D eigenvalue weighted by atomic mass is 19.1. The summed E-state index contributed by atoms with van der Waals surface area (Å²) in [7, 11) is 0. The number of nitrogens with zero attached hydrogens (tertiary/aromatic N) is 1. The van der Waals surface area contributed by atoms with E-state index in [1.54, 1.807) is 6.92 Å². The van der Waals surface area contributed by atoms with Gasteiger partial charge in [0.05, 0.1) is 24.3 Å². The Morgan fingerprint density at radius 2 is 1.43 bits per heavy atom. The van der Waals surface area contributed by atoms with Gasteiger partial charge in [-0.2, -0.15) is 0 Å². The van der Waals surface area contributed by atoms with E-state index in [1.807, 2.05) is 31.2 Å². The molecule has 0 aromatic heterocycles. The van der Waals surface area contributed by atoms with E-state index in [0.29, 0.717) is 24.3 Å². The van der Waals surface area contributed by atoms with E-state index in [4.69, 9.17) is 9.47 Å². The zero-order valence-electron chi connectivity index (χ0n) is 22.0. The number of fused-ring (bicyclic) bond motifs is 4. The van der Waals surface area contributed by atoms with Crippen molar-refractivity contribution < 1.29 is 23.5 Å². The number of esters is 2. The predicted octanol–water partition coefficient (Wildman–Crippen LogP) is 5.61. The van der Waals surface area contributed by atoms with Gasteiger partial charge < -0.3 is 19.7 Å². The number of carbonyl (C=O) groups is 2. The van der Waals surface area contributed by atoms with Crippen molar-refractivity contribution in [3.05, 3.63) is 65.5 Å². The number of rotatable bonds is 5. The van der Waals surface area contributed by atoms with E-state index in [1.165, 1.54) is 81.6 Å². The first-order valence-electron chi connectivity index (χ1n) is 13.7. The molecule has 4 atom stereocenters. The molecule has 0 amide bonds. The van der Waals surface area contributed by atoms with Crippen LogP contribution in [0.25, 0.3) is 0 Å². The first-order valence-corrected chi connectivity index (χ1v) is 13.7. The molecule has 200 valence electrons. The molecule has 6 nitrogen and oxygen atoms in total. The molecule has 2 aromatic rings. The average molecular weight is 511 g/mol. The third-order valence-corrected chi connectivity index (χ3v) is 7.71. The third-order valence-electron chi connectivity index (χ3n) is 7.71. The lowest BCUT2D eigenvalue weighted by atomic mass is 10.1. The van der Waals surface area contributed by atoms with Gasteiger partial charge in [0, 0.05) is 24.3 Å². The Morgan fingerprint density at radius 3 is 1.81 bits per heavy atom. The number of anilines is 1. The zero-order valence-corrected chi connectivity index (χ0v) is 22.0. The summed E-state index contributed by atoms with van der Waals surface area (Å²) >= 11 is 0. The normalized spacial score (nSPS) is 24.6. The van der Waals surface area contributed by atoms with Crippen molar-refractivity contribution in [2.45, 2.75) is 64.5 Å². The minimum absolute atomic E-state index is 0.230. The summed E-state index contributed by atoms with van der Waals surface area (Å²) < 4.78 is 22.1. The number of benzene rings is 2. The molecule has 2 saturated carbocycles. The van der Waals surface area contributed by atoms with Crippen molar-refractivity contribution in [1.29, 1.82) is 0 Å². The maximum Gasteiger partial charge on any atom is 0.338 e. The first kappa shape index (κ1) is 27.1. The molecule has 0 spiro atoms. The minimum atomic E-state index is -0.419. The first-order chi connectivity index (χ1) is 18.0. The highest BCUT2D eigenvalue weighted by Crippen LogP contribution is 2.40. The van der Waals surface area contributed by atoms with Crippen molar-refractivity contribution in [3.8, 4) is 0 Å². The summed E-state index contributed by atoms with van der Waals surface area (Å²) in [6.07, 6.45) is 8.48. The van der Waals surface area contributed by atoms with Crippen LogP contribution in [-0.4, -0.2) is 50.3 Å². The molecule has 37 heavy (non-hydrogen) atoms. The van der Waals surface area contributed by atoms with E-state index in [2.05, 4.69) is 10.2 Å². The number of hydrogen-bond acceptors (Lipinski definition) is 6. The molecule has 1 N–H and O–H groups in total. The van der Waals surface area contributed by atoms with Crippen molar-refractivity contribution in [3.63, 3.8) is 0 Å². The fourth-order valence-corrected chi connectivity index (χ4v) is 5.82. The lowest BCUT2D eigenvalue weighted by molar-refractivity contribution is 0.0516. The monoisotopic (exact) mass is 510 g/mol. The van der Waals surface area contributed by atoms with Crippen molar-refractivity contribution in [2.75, 3.05) is 31.2 Å². The summed E-state index contributed by atoms with van der Waals surface area (Å²) in [5.41, 5.74) is 2.26. The second-order valence-corrected chi connectivity index (χ2v) is 10.3. The highest BCUT2D eigenvalue weighted by molar-refractivity contribution is 5.90. The Morgan fingerprint density at radius 1 is 0.838 bits per heavy atom. The fourth-order valence-electron chi connectivity index (χ4n) is 5.82. The molecule has 2 aliphatic heterocycles. The fraction of sp³-hybridized carbons (Fsp3) is 0.533. The van der Waals surface area contributed by atoms with Gasteiger partial charge in [0.25, 0.3) is 0 Å². The summed E-state index contributed by atoms with van der Waals surface area (Å²) in [5, 5.41) is 3.46.